The van der Waals surface area contributed by atoms with Crippen molar-refractivity contribution in [3.63, 3.8) is 0 Å². The van der Waals surface area contributed by atoms with Crippen molar-refractivity contribution < 1.29 is 4.79 Å². The summed E-state index contributed by atoms with van der Waals surface area (Å²) in [6, 6.07) is 7.78. The largest absolute Gasteiger partial charge is 0.367 e. The number of rotatable bonds is 4. The van der Waals surface area contributed by atoms with E-state index in [2.05, 4.69) is 15.9 Å². The second-order valence-electron chi connectivity index (χ2n) is 3.66. The highest BCUT2D eigenvalue weighted by atomic mass is 79.9. The van der Waals surface area contributed by atoms with Crippen LogP contribution < -0.4 is 4.90 Å². The molecule has 1 aromatic carbocycles. The van der Waals surface area contributed by atoms with Crippen molar-refractivity contribution in [3.05, 3.63) is 28.2 Å². The van der Waals surface area contributed by atoms with Gasteiger partial charge in [-0.15, -0.1) is 0 Å². The van der Waals surface area contributed by atoms with Gasteiger partial charge < -0.3 is 4.90 Å². The zero-order chi connectivity index (χ0) is 12.1. The molecule has 1 aromatic rings. The first-order valence-corrected chi connectivity index (χ1v) is 5.70. The van der Waals surface area contributed by atoms with E-state index in [4.69, 9.17) is 5.26 Å². The Morgan fingerprint density at radius 2 is 2.25 bits per heavy atom. The summed E-state index contributed by atoms with van der Waals surface area (Å²) in [6.07, 6.45) is -0.0304. The number of nitrogens with zero attached hydrogens (tertiary/aromatic N) is 2. The number of nitriles is 1. The Balaban J connectivity index is 2.80. The number of Topliss-reactive ketones (excluding diaryl/α,β-unsaturated/α-hetero) is 1. The number of carbonyl (C=O) groups is 1. The molecule has 1 rings (SSSR count). The molecule has 0 saturated carbocycles. The summed E-state index contributed by atoms with van der Waals surface area (Å²) < 4.78 is 0.979. The molecule has 0 atom stereocenters. The van der Waals surface area contributed by atoms with Gasteiger partial charge in [-0.05, 0) is 24.6 Å². The van der Waals surface area contributed by atoms with Crippen molar-refractivity contribution >= 4 is 27.4 Å². The van der Waals surface area contributed by atoms with Gasteiger partial charge in [0.2, 0.25) is 0 Å². The predicted octanol–water partition coefficient (Wildman–Crippen LogP) is 2.68. The van der Waals surface area contributed by atoms with E-state index in [0.717, 1.165) is 15.7 Å². The topological polar surface area (TPSA) is 44.1 Å². The molecule has 0 bridgehead atoms. The quantitative estimate of drug-likeness (QED) is 0.852. The van der Waals surface area contributed by atoms with E-state index in [1.807, 2.05) is 43.1 Å². The van der Waals surface area contributed by atoms with Crippen LogP contribution in [0.4, 0.5) is 5.69 Å². The average molecular weight is 281 g/mol. The number of benzene rings is 1. The SMILES string of the molecule is Cc1ccc(Br)cc1N(C)CC(=O)CC#N. The van der Waals surface area contributed by atoms with Crippen molar-refractivity contribution in [2.75, 3.05) is 18.5 Å². The summed E-state index contributed by atoms with van der Waals surface area (Å²) in [7, 11) is 1.85. The Kier molecular flexibility index (Phi) is 4.51. The Morgan fingerprint density at radius 3 is 2.88 bits per heavy atom. The first-order valence-electron chi connectivity index (χ1n) is 4.90. The lowest BCUT2D eigenvalue weighted by Gasteiger charge is -2.20. The number of aryl methyl sites for hydroxylation is 1. The molecule has 3 nitrogen and oxygen atoms in total. The van der Waals surface area contributed by atoms with E-state index in [1.54, 1.807) is 0 Å². The molecule has 0 aromatic heterocycles. The van der Waals surface area contributed by atoms with Crippen LogP contribution in [0.2, 0.25) is 0 Å². The number of hydrogen-bond acceptors (Lipinski definition) is 3. The van der Waals surface area contributed by atoms with Gasteiger partial charge in [0.05, 0.1) is 19.0 Å². The maximum absolute atomic E-state index is 11.3. The van der Waals surface area contributed by atoms with E-state index >= 15 is 0 Å². The molecule has 84 valence electrons. The molecular weight excluding hydrogens is 268 g/mol. The third kappa shape index (κ3) is 3.35. The minimum atomic E-state index is -0.0654. The van der Waals surface area contributed by atoms with Crippen molar-refractivity contribution in [2.45, 2.75) is 13.3 Å². The zero-order valence-electron chi connectivity index (χ0n) is 9.33. The van der Waals surface area contributed by atoms with Gasteiger partial charge in [-0.3, -0.25) is 4.79 Å². The molecule has 0 radical (unpaired) electrons. The third-order valence-electron chi connectivity index (χ3n) is 2.27. The van der Waals surface area contributed by atoms with E-state index < -0.39 is 0 Å². The Bertz CT molecular complexity index is 437. The Hall–Kier alpha value is -1.34. The lowest BCUT2D eigenvalue weighted by molar-refractivity contribution is -0.116. The van der Waals surface area contributed by atoms with Crippen LogP contribution >= 0.6 is 15.9 Å². The number of halogens is 1. The molecule has 0 spiro atoms. The third-order valence-corrected chi connectivity index (χ3v) is 2.77. The van der Waals surface area contributed by atoms with Crippen molar-refractivity contribution in [3.8, 4) is 6.07 Å². The van der Waals surface area contributed by atoms with Gasteiger partial charge >= 0.3 is 0 Å². The molecule has 0 fully saturated rings. The van der Waals surface area contributed by atoms with Gasteiger partial charge in [0.1, 0.15) is 0 Å². The highest BCUT2D eigenvalue weighted by molar-refractivity contribution is 9.10. The monoisotopic (exact) mass is 280 g/mol. The molecule has 4 heteroatoms. The first kappa shape index (κ1) is 12.7. The molecule has 0 amide bonds. The van der Waals surface area contributed by atoms with Gasteiger partial charge in [0.25, 0.3) is 0 Å². The van der Waals surface area contributed by atoms with Crippen LogP contribution in [0.5, 0.6) is 0 Å². The number of anilines is 1. The van der Waals surface area contributed by atoms with Crippen LogP contribution in [0.3, 0.4) is 0 Å². The summed E-state index contributed by atoms with van der Waals surface area (Å²) in [5, 5.41) is 8.42. The second kappa shape index (κ2) is 5.66. The summed E-state index contributed by atoms with van der Waals surface area (Å²) >= 11 is 3.40. The van der Waals surface area contributed by atoms with Crippen LogP contribution in [0.25, 0.3) is 0 Å². The summed E-state index contributed by atoms with van der Waals surface area (Å²) in [5.74, 6) is -0.0654. The van der Waals surface area contributed by atoms with Gasteiger partial charge in [-0.25, -0.2) is 0 Å². The van der Waals surface area contributed by atoms with Gasteiger partial charge in [-0.2, -0.15) is 5.26 Å². The molecule has 0 heterocycles. The number of ketones is 1. The van der Waals surface area contributed by atoms with E-state index in [-0.39, 0.29) is 18.7 Å². The zero-order valence-corrected chi connectivity index (χ0v) is 10.9. The highest BCUT2D eigenvalue weighted by Crippen LogP contribution is 2.23. The van der Waals surface area contributed by atoms with E-state index in [0.29, 0.717) is 0 Å². The van der Waals surface area contributed by atoms with Crippen molar-refractivity contribution in [1.82, 2.24) is 0 Å². The van der Waals surface area contributed by atoms with Gasteiger partial charge in [-0.1, -0.05) is 22.0 Å². The number of likely N-dealkylation sites (N-methyl/N-ethyl adjacent to an activating group) is 1. The standard InChI is InChI=1S/C12H13BrN2O/c1-9-3-4-10(13)7-12(9)15(2)8-11(16)5-6-14/h3-4,7H,5,8H2,1-2H3. The lowest BCUT2D eigenvalue weighted by Crippen LogP contribution is -2.25. The fraction of sp³-hybridized carbons (Fsp3) is 0.333. The smallest absolute Gasteiger partial charge is 0.166 e. The van der Waals surface area contributed by atoms with E-state index in [1.165, 1.54) is 0 Å². The minimum absolute atomic E-state index is 0.0304. The molecule has 16 heavy (non-hydrogen) atoms. The summed E-state index contributed by atoms with van der Waals surface area (Å²) in [5.41, 5.74) is 2.11. The summed E-state index contributed by atoms with van der Waals surface area (Å²) in [6.45, 7) is 2.26. The predicted molar refractivity (Wildman–Crippen MR) is 67.4 cm³/mol. The normalized spacial score (nSPS) is 9.62. The maximum Gasteiger partial charge on any atom is 0.166 e. The fourth-order valence-corrected chi connectivity index (χ4v) is 1.84. The van der Waals surface area contributed by atoms with Gasteiger partial charge in [0.15, 0.2) is 5.78 Å². The van der Waals surface area contributed by atoms with Gasteiger partial charge in [0, 0.05) is 17.2 Å². The van der Waals surface area contributed by atoms with Crippen LogP contribution in [-0.4, -0.2) is 19.4 Å². The molecule has 0 N–H and O–H groups in total. The van der Waals surface area contributed by atoms with Crippen LogP contribution in [0, 0.1) is 18.3 Å². The van der Waals surface area contributed by atoms with Crippen molar-refractivity contribution in [1.29, 1.82) is 5.26 Å². The average Bonchev–Trinajstić information content (AvgIpc) is 2.21. The first-order chi connectivity index (χ1) is 7.54. The molecule has 0 unspecified atom stereocenters. The fourth-order valence-electron chi connectivity index (χ4n) is 1.49. The van der Waals surface area contributed by atoms with E-state index in [9.17, 15) is 4.79 Å². The lowest BCUT2D eigenvalue weighted by atomic mass is 10.1. The minimum Gasteiger partial charge on any atom is -0.367 e. The second-order valence-corrected chi connectivity index (χ2v) is 4.58. The molecule has 0 aliphatic heterocycles. The molecule has 0 aliphatic carbocycles. The maximum atomic E-state index is 11.3. The van der Waals surface area contributed by atoms with Crippen LogP contribution in [0.1, 0.15) is 12.0 Å². The Morgan fingerprint density at radius 1 is 1.56 bits per heavy atom. The summed E-state index contributed by atoms with van der Waals surface area (Å²) in [4.78, 5) is 13.2. The number of carbonyl (C=O) groups excluding carboxylic acids is 1. The molecular formula is C12H13BrN2O. The molecule has 0 aliphatic rings. The van der Waals surface area contributed by atoms with Crippen LogP contribution in [0.15, 0.2) is 22.7 Å². The van der Waals surface area contributed by atoms with Crippen LogP contribution in [-0.2, 0) is 4.79 Å². The molecule has 0 saturated heterocycles. The number of hydrogen-bond donors (Lipinski definition) is 0. The van der Waals surface area contributed by atoms with Crippen molar-refractivity contribution in [2.24, 2.45) is 0 Å². The highest BCUT2D eigenvalue weighted by Gasteiger charge is 2.09. The Labute approximate surface area is 104 Å².